The van der Waals surface area contributed by atoms with Gasteiger partial charge in [-0.3, -0.25) is 4.79 Å². The van der Waals surface area contributed by atoms with Gasteiger partial charge in [-0.1, -0.05) is 23.7 Å². The van der Waals surface area contributed by atoms with Crippen LogP contribution in [0.5, 0.6) is 5.75 Å². The monoisotopic (exact) mass is 396 g/mol. The molecule has 26 heavy (non-hydrogen) atoms. The van der Waals surface area contributed by atoms with E-state index in [1.165, 1.54) is 24.3 Å². The maximum atomic E-state index is 12.2. The van der Waals surface area contributed by atoms with Crippen LogP contribution in [0.25, 0.3) is 0 Å². The summed E-state index contributed by atoms with van der Waals surface area (Å²) < 4.78 is 32.3. The number of hydrogen-bond acceptors (Lipinski definition) is 4. The molecule has 0 aliphatic rings. The fraction of sp³-hybridized carbons (Fsp3) is 0.278. The van der Waals surface area contributed by atoms with E-state index in [9.17, 15) is 13.2 Å². The number of sulfonamides is 1. The van der Waals surface area contributed by atoms with E-state index in [-0.39, 0.29) is 24.0 Å². The maximum absolute atomic E-state index is 12.2. The van der Waals surface area contributed by atoms with Crippen LogP contribution in [-0.2, 0) is 21.2 Å². The standard InChI is InChI=1S/C18H21ClN2O4S/c1-2-20-18(22)13-25-16-7-3-14(4-8-16)11-12-21-26(23,24)17-9-5-15(19)6-10-17/h3-10,21H,2,11-13H2,1H3,(H,20,22). The van der Waals surface area contributed by atoms with Gasteiger partial charge in [0.05, 0.1) is 4.90 Å². The topological polar surface area (TPSA) is 84.5 Å². The van der Waals surface area contributed by atoms with Gasteiger partial charge >= 0.3 is 0 Å². The van der Waals surface area contributed by atoms with Gasteiger partial charge in [0.2, 0.25) is 10.0 Å². The average molecular weight is 397 g/mol. The number of benzene rings is 2. The van der Waals surface area contributed by atoms with Crippen molar-refractivity contribution in [2.45, 2.75) is 18.2 Å². The number of hydrogen-bond donors (Lipinski definition) is 2. The Bertz CT molecular complexity index is 821. The van der Waals surface area contributed by atoms with Crippen molar-refractivity contribution in [3.63, 3.8) is 0 Å². The molecule has 0 bridgehead atoms. The van der Waals surface area contributed by atoms with Gasteiger partial charge in [-0.05, 0) is 55.3 Å². The van der Waals surface area contributed by atoms with Crippen molar-refractivity contribution in [1.82, 2.24) is 10.0 Å². The summed E-state index contributed by atoms with van der Waals surface area (Å²) in [6.07, 6.45) is 0.531. The van der Waals surface area contributed by atoms with Crippen molar-refractivity contribution in [2.75, 3.05) is 19.7 Å². The Hall–Kier alpha value is -2.09. The normalized spacial score (nSPS) is 11.2. The molecule has 2 aromatic carbocycles. The minimum Gasteiger partial charge on any atom is -0.484 e. The van der Waals surface area contributed by atoms with E-state index in [2.05, 4.69) is 10.0 Å². The van der Waals surface area contributed by atoms with Gasteiger partial charge in [-0.25, -0.2) is 13.1 Å². The smallest absolute Gasteiger partial charge is 0.257 e. The summed E-state index contributed by atoms with van der Waals surface area (Å²) >= 11 is 5.77. The van der Waals surface area contributed by atoms with Crippen LogP contribution in [0.4, 0.5) is 0 Å². The summed E-state index contributed by atoms with van der Waals surface area (Å²) in [6.45, 7) is 2.64. The zero-order chi connectivity index (χ0) is 19.0. The Balaban J connectivity index is 1.82. The molecule has 8 heteroatoms. The first-order valence-corrected chi connectivity index (χ1v) is 10.0. The fourth-order valence-electron chi connectivity index (χ4n) is 2.18. The van der Waals surface area contributed by atoms with E-state index < -0.39 is 10.0 Å². The molecule has 0 atom stereocenters. The summed E-state index contributed by atoms with van der Waals surface area (Å²) in [5, 5.41) is 3.13. The predicted octanol–water partition coefficient (Wildman–Crippen LogP) is 2.38. The Labute approximate surface area is 158 Å². The quantitative estimate of drug-likeness (QED) is 0.681. The van der Waals surface area contributed by atoms with Crippen LogP contribution < -0.4 is 14.8 Å². The van der Waals surface area contributed by atoms with E-state index in [1.807, 2.05) is 19.1 Å². The lowest BCUT2D eigenvalue weighted by Crippen LogP contribution is -2.28. The molecule has 0 radical (unpaired) electrons. The highest BCUT2D eigenvalue weighted by Crippen LogP contribution is 2.15. The molecule has 0 aliphatic heterocycles. The fourth-order valence-corrected chi connectivity index (χ4v) is 3.33. The molecule has 1 amide bonds. The van der Waals surface area contributed by atoms with Gasteiger partial charge in [0.1, 0.15) is 5.75 Å². The Morgan fingerprint density at radius 3 is 2.35 bits per heavy atom. The Morgan fingerprint density at radius 1 is 1.08 bits per heavy atom. The van der Waals surface area contributed by atoms with Crippen molar-refractivity contribution in [2.24, 2.45) is 0 Å². The molecule has 2 rings (SSSR count). The number of halogens is 1. The SMILES string of the molecule is CCNC(=O)COc1ccc(CCNS(=O)(=O)c2ccc(Cl)cc2)cc1. The summed E-state index contributed by atoms with van der Waals surface area (Å²) in [5.41, 5.74) is 0.953. The Kier molecular flexibility index (Phi) is 7.44. The van der Waals surface area contributed by atoms with Crippen molar-refractivity contribution < 1.29 is 17.9 Å². The lowest BCUT2D eigenvalue weighted by atomic mass is 10.1. The van der Waals surface area contributed by atoms with Crippen molar-refractivity contribution in [3.05, 3.63) is 59.1 Å². The molecule has 0 unspecified atom stereocenters. The highest BCUT2D eigenvalue weighted by molar-refractivity contribution is 7.89. The lowest BCUT2D eigenvalue weighted by Gasteiger charge is -2.09. The number of amides is 1. The minimum atomic E-state index is -3.56. The van der Waals surface area contributed by atoms with Crippen LogP contribution in [-0.4, -0.2) is 34.0 Å². The first-order valence-electron chi connectivity index (χ1n) is 8.14. The van der Waals surface area contributed by atoms with Crippen LogP contribution in [0.15, 0.2) is 53.4 Å². The van der Waals surface area contributed by atoms with Crippen LogP contribution >= 0.6 is 11.6 Å². The summed E-state index contributed by atoms with van der Waals surface area (Å²) in [7, 11) is -3.56. The molecule has 0 aliphatic carbocycles. The maximum Gasteiger partial charge on any atom is 0.257 e. The van der Waals surface area contributed by atoms with E-state index in [1.54, 1.807) is 12.1 Å². The second-order valence-electron chi connectivity index (χ2n) is 5.49. The molecule has 0 heterocycles. The second kappa shape index (κ2) is 9.56. The molecule has 0 spiro atoms. The molecule has 0 saturated heterocycles. The van der Waals surface area contributed by atoms with E-state index in [0.29, 0.717) is 23.7 Å². The third-order valence-electron chi connectivity index (χ3n) is 3.50. The summed E-state index contributed by atoms with van der Waals surface area (Å²) in [5.74, 6) is 0.412. The van der Waals surface area contributed by atoms with Gasteiger partial charge in [-0.15, -0.1) is 0 Å². The number of likely N-dealkylation sites (N-methyl/N-ethyl adjacent to an activating group) is 1. The third-order valence-corrected chi connectivity index (χ3v) is 5.23. The molecular weight excluding hydrogens is 376 g/mol. The zero-order valence-corrected chi connectivity index (χ0v) is 15.9. The average Bonchev–Trinajstić information content (AvgIpc) is 2.61. The second-order valence-corrected chi connectivity index (χ2v) is 7.69. The molecule has 6 nitrogen and oxygen atoms in total. The lowest BCUT2D eigenvalue weighted by molar-refractivity contribution is -0.122. The molecule has 2 N–H and O–H groups in total. The van der Waals surface area contributed by atoms with Crippen molar-refractivity contribution >= 4 is 27.5 Å². The van der Waals surface area contributed by atoms with E-state index >= 15 is 0 Å². The predicted molar refractivity (Wildman–Crippen MR) is 101 cm³/mol. The van der Waals surface area contributed by atoms with Crippen LogP contribution in [0.1, 0.15) is 12.5 Å². The largest absolute Gasteiger partial charge is 0.484 e. The number of carbonyl (C=O) groups is 1. The van der Waals surface area contributed by atoms with Crippen LogP contribution in [0, 0.1) is 0 Å². The van der Waals surface area contributed by atoms with Crippen molar-refractivity contribution in [3.8, 4) is 5.75 Å². The van der Waals surface area contributed by atoms with Gasteiger partial charge in [0, 0.05) is 18.1 Å². The molecular formula is C18H21ClN2O4S. The zero-order valence-electron chi connectivity index (χ0n) is 14.4. The number of nitrogens with one attached hydrogen (secondary N) is 2. The van der Waals surface area contributed by atoms with E-state index in [0.717, 1.165) is 5.56 Å². The van der Waals surface area contributed by atoms with Gasteiger partial charge < -0.3 is 10.1 Å². The van der Waals surface area contributed by atoms with Crippen molar-refractivity contribution in [1.29, 1.82) is 0 Å². The summed E-state index contributed by atoms with van der Waals surface area (Å²) in [4.78, 5) is 11.5. The third kappa shape index (κ3) is 6.33. The molecule has 0 fully saturated rings. The number of rotatable bonds is 9. The van der Waals surface area contributed by atoms with Gasteiger partial charge in [-0.2, -0.15) is 0 Å². The Morgan fingerprint density at radius 2 is 1.73 bits per heavy atom. The molecule has 0 aromatic heterocycles. The van der Waals surface area contributed by atoms with Gasteiger partial charge in [0.15, 0.2) is 6.61 Å². The van der Waals surface area contributed by atoms with Crippen LogP contribution in [0.2, 0.25) is 5.02 Å². The minimum absolute atomic E-state index is 0.0337. The molecule has 140 valence electrons. The molecule has 2 aromatic rings. The number of carbonyl (C=O) groups excluding carboxylic acids is 1. The van der Waals surface area contributed by atoms with Gasteiger partial charge in [0.25, 0.3) is 5.91 Å². The highest BCUT2D eigenvalue weighted by atomic mass is 35.5. The van der Waals surface area contributed by atoms with E-state index in [4.69, 9.17) is 16.3 Å². The highest BCUT2D eigenvalue weighted by Gasteiger charge is 2.12. The number of ether oxygens (including phenoxy) is 1. The molecule has 0 saturated carbocycles. The van der Waals surface area contributed by atoms with Crippen LogP contribution in [0.3, 0.4) is 0 Å². The summed E-state index contributed by atoms with van der Waals surface area (Å²) in [6, 6.07) is 13.2. The first kappa shape index (κ1) is 20.2. The first-order chi connectivity index (χ1) is 12.4.